The Morgan fingerprint density at radius 1 is 1.21 bits per heavy atom. The van der Waals surface area contributed by atoms with Crippen LogP contribution in [0.1, 0.15) is 67.7 Å². The SMILES string of the molecule is CCc1cc2c(c(C(F)(F)F)c1)C(=O)N1CCN(C(=O)OC(C)(C)C)[C@@H](C)[C@@H]21. The van der Waals surface area contributed by atoms with Crippen molar-refractivity contribution in [3.63, 3.8) is 0 Å². The highest BCUT2D eigenvalue weighted by Gasteiger charge is 2.50. The number of alkyl halides is 3. The number of benzene rings is 1. The molecule has 1 aromatic rings. The van der Waals surface area contributed by atoms with E-state index >= 15 is 0 Å². The molecule has 5 nitrogen and oxygen atoms in total. The molecule has 8 heteroatoms. The second kappa shape index (κ2) is 6.67. The Morgan fingerprint density at radius 3 is 2.39 bits per heavy atom. The Bertz CT molecular complexity index is 814. The van der Waals surface area contributed by atoms with Crippen LogP contribution in [-0.4, -0.2) is 46.5 Å². The van der Waals surface area contributed by atoms with E-state index < -0.39 is 41.4 Å². The van der Waals surface area contributed by atoms with E-state index in [1.807, 2.05) is 0 Å². The molecular weight excluding hydrogens is 373 g/mol. The minimum Gasteiger partial charge on any atom is -0.444 e. The zero-order chi connectivity index (χ0) is 21.0. The second-order valence-electron chi connectivity index (χ2n) is 8.32. The molecule has 2 amide bonds. The summed E-state index contributed by atoms with van der Waals surface area (Å²) in [7, 11) is 0. The van der Waals surface area contributed by atoms with Crippen molar-refractivity contribution in [2.24, 2.45) is 0 Å². The highest BCUT2D eigenvalue weighted by Crippen LogP contribution is 2.45. The van der Waals surface area contributed by atoms with Gasteiger partial charge in [0.2, 0.25) is 0 Å². The predicted molar refractivity (Wildman–Crippen MR) is 97.0 cm³/mol. The van der Waals surface area contributed by atoms with Gasteiger partial charge in [0.15, 0.2) is 0 Å². The first-order valence-electron chi connectivity index (χ1n) is 9.39. The number of halogens is 3. The highest BCUT2D eigenvalue weighted by atomic mass is 19.4. The van der Waals surface area contributed by atoms with Gasteiger partial charge in [0.25, 0.3) is 5.91 Å². The lowest BCUT2D eigenvalue weighted by Gasteiger charge is -2.43. The molecule has 1 saturated heterocycles. The van der Waals surface area contributed by atoms with Crippen molar-refractivity contribution in [1.29, 1.82) is 0 Å². The van der Waals surface area contributed by atoms with E-state index in [4.69, 9.17) is 4.74 Å². The van der Waals surface area contributed by atoms with E-state index in [9.17, 15) is 22.8 Å². The molecule has 0 N–H and O–H groups in total. The van der Waals surface area contributed by atoms with Crippen LogP contribution < -0.4 is 0 Å². The fourth-order valence-electron chi connectivity index (χ4n) is 3.99. The van der Waals surface area contributed by atoms with E-state index in [2.05, 4.69) is 0 Å². The van der Waals surface area contributed by atoms with E-state index in [0.717, 1.165) is 6.07 Å². The third-order valence-corrected chi connectivity index (χ3v) is 5.23. The molecule has 2 aliphatic heterocycles. The Hall–Kier alpha value is -2.25. The normalized spacial score (nSPS) is 22.2. The van der Waals surface area contributed by atoms with Crippen molar-refractivity contribution < 1.29 is 27.5 Å². The molecule has 0 bridgehead atoms. The number of fused-ring (bicyclic) bond motifs is 3. The first-order chi connectivity index (χ1) is 12.8. The molecule has 0 unspecified atom stereocenters. The lowest BCUT2D eigenvalue weighted by molar-refractivity contribution is -0.138. The number of piperazine rings is 1. The summed E-state index contributed by atoms with van der Waals surface area (Å²) in [5.74, 6) is -0.620. The summed E-state index contributed by atoms with van der Waals surface area (Å²) in [6, 6.07) is 1.62. The fourth-order valence-corrected chi connectivity index (χ4v) is 3.99. The lowest BCUT2D eigenvalue weighted by atomic mass is 9.91. The number of nitrogens with zero attached hydrogens (tertiary/aromatic N) is 2. The average molecular weight is 398 g/mol. The minimum absolute atomic E-state index is 0.167. The van der Waals surface area contributed by atoms with Gasteiger partial charge in [-0.15, -0.1) is 0 Å². The van der Waals surface area contributed by atoms with Gasteiger partial charge in [-0.1, -0.05) is 13.0 Å². The van der Waals surface area contributed by atoms with Crippen LogP contribution >= 0.6 is 0 Å². The maximum atomic E-state index is 13.6. The standard InChI is InChI=1S/C20H25F3N2O3/c1-6-12-9-13-15(14(10-12)20(21,22)23)17(26)25-8-7-24(11(2)16(13)25)18(27)28-19(3,4)5/h9-11,16H,6-8H2,1-5H3/t11-,16-/m0/s1. The quantitative estimate of drug-likeness (QED) is 0.704. The van der Waals surface area contributed by atoms with Gasteiger partial charge < -0.3 is 14.5 Å². The second-order valence-corrected chi connectivity index (χ2v) is 8.32. The monoisotopic (exact) mass is 398 g/mol. The molecule has 1 aromatic carbocycles. The van der Waals surface area contributed by atoms with Crippen LogP contribution in [0.2, 0.25) is 0 Å². The Kier molecular flexibility index (Phi) is 4.88. The summed E-state index contributed by atoms with van der Waals surface area (Å²) in [5, 5.41) is 0. The van der Waals surface area contributed by atoms with Gasteiger partial charge >= 0.3 is 12.3 Å². The van der Waals surface area contributed by atoms with Gasteiger partial charge in [-0.3, -0.25) is 4.79 Å². The highest BCUT2D eigenvalue weighted by molar-refractivity contribution is 6.01. The predicted octanol–water partition coefficient (Wildman–Crippen LogP) is 4.40. The zero-order valence-electron chi connectivity index (χ0n) is 16.7. The maximum absolute atomic E-state index is 13.6. The van der Waals surface area contributed by atoms with Crippen molar-refractivity contribution in [2.45, 2.75) is 64.9 Å². The van der Waals surface area contributed by atoms with Crippen LogP contribution in [0, 0.1) is 0 Å². The van der Waals surface area contributed by atoms with E-state index in [1.54, 1.807) is 40.7 Å². The number of ether oxygens (including phenoxy) is 1. The number of aryl methyl sites for hydroxylation is 1. The molecule has 1 fully saturated rings. The van der Waals surface area contributed by atoms with Gasteiger partial charge in [-0.05, 0) is 51.3 Å². The molecular formula is C20H25F3N2O3. The molecule has 154 valence electrons. The molecule has 0 radical (unpaired) electrons. The van der Waals surface area contributed by atoms with Crippen molar-refractivity contribution in [1.82, 2.24) is 9.80 Å². The van der Waals surface area contributed by atoms with Crippen LogP contribution in [0.25, 0.3) is 0 Å². The summed E-state index contributed by atoms with van der Waals surface area (Å²) < 4.78 is 46.4. The molecule has 3 rings (SSSR count). The molecule has 2 heterocycles. The molecule has 0 aliphatic carbocycles. The average Bonchev–Trinajstić information content (AvgIpc) is 2.85. The summed E-state index contributed by atoms with van der Waals surface area (Å²) in [6.45, 7) is 9.16. The summed E-state index contributed by atoms with van der Waals surface area (Å²) >= 11 is 0. The fraction of sp³-hybridized carbons (Fsp3) is 0.600. The number of carbonyl (C=O) groups is 2. The summed E-state index contributed by atoms with van der Waals surface area (Å²) in [4.78, 5) is 28.4. The molecule has 0 aromatic heterocycles. The van der Waals surface area contributed by atoms with Crippen molar-refractivity contribution in [3.8, 4) is 0 Å². The third-order valence-electron chi connectivity index (χ3n) is 5.23. The first-order valence-corrected chi connectivity index (χ1v) is 9.39. The topological polar surface area (TPSA) is 49.9 Å². The minimum atomic E-state index is -4.62. The van der Waals surface area contributed by atoms with Crippen LogP contribution in [0.5, 0.6) is 0 Å². The Labute approximate surface area is 162 Å². The lowest BCUT2D eigenvalue weighted by Crippen LogP contribution is -2.55. The summed E-state index contributed by atoms with van der Waals surface area (Å²) in [5.41, 5.74) is -1.000. The van der Waals surface area contributed by atoms with Crippen molar-refractivity contribution in [2.75, 3.05) is 13.1 Å². The van der Waals surface area contributed by atoms with E-state index in [1.165, 1.54) is 9.80 Å². The van der Waals surface area contributed by atoms with Crippen LogP contribution in [-0.2, 0) is 17.3 Å². The molecule has 2 aliphatic rings. The Balaban J connectivity index is 2.05. The van der Waals surface area contributed by atoms with Crippen molar-refractivity contribution in [3.05, 3.63) is 34.4 Å². The van der Waals surface area contributed by atoms with Crippen LogP contribution in [0.15, 0.2) is 12.1 Å². The first kappa shape index (κ1) is 20.5. The van der Waals surface area contributed by atoms with Gasteiger partial charge in [0.1, 0.15) is 5.60 Å². The van der Waals surface area contributed by atoms with Crippen LogP contribution in [0.3, 0.4) is 0 Å². The number of amides is 2. The van der Waals surface area contributed by atoms with Gasteiger partial charge in [0.05, 0.1) is 23.2 Å². The smallest absolute Gasteiger partial charge is 0.417 e. The number of carbonyl (C=O) groups excluding carboxylic acids is 2. The van der Waals surface area contributed by atoms with E-state index in [0.29, 0.717) is 17.5 Å². The molecule has 0 saturated carbocycles. The maximum Gasteiger partial charge on any atom is 0.417 e. The van der Waals surface area contributed by atoms with E-state index in [-0.39, 0.29) is 18.7 Å². The number of hydrogen-bond acceptors (Lipinski definition) is 3. The molecule has 2 atom stereocenters. The number of rotatable bonds is 1. The summed E-state index contributed by atoms with van der Waals surface area (Å²) in [6.07, 6.45) is -4.72. The largest absolute Gasteiger partial charge is 0.444 e. The zero-order valence-corrected chi connectivity index (χ0v) is 16.7. The van der Waals surface area contributed by atoms with Gasteiger partial charge in [0, 0.05) is 13.1 Å². The third kappa shape index (κ3) is 3.44. The van der Waals surface area contributed by atoms with Gasteiger partial charge in [-0.2, -0.15) is 13.2 Å². The Morgan fingerprint density at radius 2 is 1.86 bits per heavy atom. The number of hydrogen-bond donors (Lipinski definition) is 0. The van der Waals surface area contributed by atoms with Crippen molar-refractivity contribution >= 4 is 12.0 Å². The molecule has 28 heavy (non-hydrogen) atoms. The molecule has 0 spiro atoms. The van der Waals surface area contributed by atoms with Crippen LogP contribution in [0.4, 0.5) is 18.0 Å². The van der Waals surface area contributed by atoms with Gasteiger partial charge in [-0.25, -0.2) is 4.79 Å².